The minimum absolute atomic E-state index is 0.594. The fourth-order valence-corrected chi connectivity index (χ4v) is 3.68. The maximum atomic E-state index is 4.86. The Morgan fingerprint density at radius 2 is 1.74 bits per heavy atom. The van der Waals surface area contributed by atoms with Crippen molar-refractivity contribution in [1.29, 1.82) is 0 Å². The zero-order valence-corrected chi connectivity index (χ0v) is 14.9. The first kappa shape index (κ1) is 15.0. The van der Waals surface area contributed by atoms with Crippen LogP contribution in [0.4, 0.5) is 0 Å². The molecular formula is C22H19N5. The van der Waals surface area contributed by atoms with E-state index in [4.69, 9.17) is 9.97 Å². The summed E-state index contributed by atoms with van der Waals surface area (Å²) in [5, 5.41) is 1.13. The third-order valence-electron chi connectivity index (χ3n) is 5.54. The molecule has 2 saturated carbocycles. The highest BCUT2D eigenvalue weighted by molar-refractivity contribution is 5.96. The van der Waals surface area contributed by atoms with E-state index in [1.165, 1.54) is 25.7 Å². The van der Waals surface area contributed by atoms with E-state index in [1.807, 2.05) is 30.9 Å². The van der Waals surface area contributed by atoms with Crippen LogP contribution in [0.2, 0.25) is 0 Å². The zero-order valence-electron chi connectivity index (χ0n) is 14.9. The molecule has 2 fully saturated rings. The van der Waals surface area contributed by atoms with E-state index in [-0.39, 0.29) is 0 Å². The highest BCUT2D eigenvalue weighted by atomic mass is 14.9. The van der Waals surface area contributed by atoms with Gasteiger partial charge in [-0.25, -0.2) is 15.0 Å². The number of rotatable bonds is 4. The van der Waals surface area contributed by atoms with E-state index in [0.717, 1.165) is 44.9 Å². The van der Waals surface area contributed by atoms with Gasteiger partial charge < -0.3 is 4.98 Å². The fourth-order valence-electron chi connectivity index (χ4n) is 3.68. The summed E-state index contributed by atoms with van der Waals surface area (Å²) in [5.74, 6) is 2.02. The number of hydrogen-bond acceptors (Lipinski definition) is 4. The van der Waals surface area contributed by atoms with Gasteiger partial charge in [0.05, 0.1) is 17.6 Å². The highest BCUT2D eigenvalue weighted by Gasteiger charge is 2.26. The Kier molecular flexibility index (Phi) is 3.18. The predicted octanol–water partition coefficient (Wildman–Crippen LogP) is 4.84. The van der Waals surface area contributed by atoms with Gasteiger partial charge in [0.2, 0.25) is 0 Å². The number of hydrogen-bond donors (Lipinski definition) is 1. The Morgan fingerprint density at radius 3 is 2.59 bits per heavy atom. The largest absolute Gasteiger partial charge is 0.360 e. The molecule has 0 atom stereocenters. The van der Waals surface area contributed by atoms with Gasteiger partial charge in [-0.3, -0.25) is 4.98 Å². The van der Waals surface area contributed by atoms with E-state index in [1.54, 1.807) is 0 Å². The number of fused-ring (bicyclic) bond motifs is 1. The first-order valence-corrected chi connectivity index (χ1v) is 9.62. The Bertz CT molecular complexity index is 1150. The lowest BCUT2D eigenvalue weighted by Crippen LogP contribution is -1.94. The van der Waals surface area contributed by atoms with E-state index in [9.17, 15) is 0 Å². The molecule has 2 aliphatic carbocycles. The normalized spacial score (nSPS) is 16.7. The van der Waals surface area contributed by atoms with Gasteiger partial charge in [0, 0.05) is 58.2 Å². The SMILES string of the molecule is c1cc(C2CC2)nc(-c2ccc3[nH]cc(-c4cncc(C5CC5)n4)c3c2)n1. The molecule has 3 heterocycles. The van der Waals surface area contributed by atoms with Crippen LogP contribution in [0.5, 0.6) is 0 Å². The number of benzene rings is 1. The quantitative estimate of drug-likeness (QED) is 0.570. The van der Waals surface area contributed by atoms with Gasteiger partial charge in [-0.15, -0.1) is 0 Å². The summed E-state index contributed by atoms with van der Waals surface area (Å²) >= 11 is 0. The predicted molar refractivity (Wildman–Crippen MR) is 104 cm³/mol. The van der Waals surface area contributed by atoms with Crippen LogP contribution in [0.25, 0.3) is 33.5 Å². The number of nitrogens with one attached hydrogen (secondary N) is 1. The second kappa shape index (κ2) is 5.71. The Hall–Kier alpha value is -3.08. The number of aromatic amines is 1. The summed E-state index contributed by atoms with van der Waals surface area (Å²) < 4.78 is 0. The molecule has 1 N–H and O–H groups in total. The van der Waals surface area contributed by atoms with E-state index in [2.05, 4.69) is 33.2 Å². The molecule has 0 saturated heterocycles. The Labute approximate surface area is 156 Å². The smallest absolute Gasteiger partial charge is 0.159 e. The van der Waals surface area contributed by atoms with Crippen molar-refractivity contribution in [2.75, 3.05) is 0 Å². The first-order valence-electron chi connectivity index (χ1n) is 9.62. The first-order chi connectivity index (χ1) is 13.3. The summed E-state index contributed by atoms with van der Waals surface area (Å²) in [6.07, 6.45) is 12.6. The van der Waals surface area contributed by atoms with Crippen molar-refractivity contribution >= 4 is 10.9 Å². The molecule has 2 aliphatic rings. The van der Waals surface area contributed by atoms with Crippen LogP contribution in [0, 0.1) is 0 Å². The van der Waals surface area contributed by atoms with E-state index in [0.29, 0.717) is 11.8 Å². The molecule has 132 valence electrons. The summed E-state index contributed by atoms with van der Waals surface area (Å²) in [5.41, 5.74) is 6.41. The van der Waals surface area contributed by atoms with Gasteiger partial charge in [-0.1, -0.05) is 0 Å². The minimum Gasteiger partial charge on any atom is -0.360 e. The molecule has 4 aromatic rings. The van der Waals surface area contributed by atoms with Gasteiger partial charge in [0.15, 0.2) is 5.82 Å². The second-order valence-corrected chi connectivity index (χ2v) is 7.65. The van der Waals surface area contributed by atoms with Crippen LogP contribution in [0.3, 0.4) is 0 Å². The molecule has 0 aliphatic heterocycles. The van der Waals surface area contributed by atoms with Crippen molar-refractivity contribution in [2.45, 2.75) is 37.5 Å². The molecule has 0 bridgehead atoms. The average molecular weight is 353 g/mol. The molecule has 5 nitrogen and oxygen atoms in total. The van der Waals surface area contributed by atoms with Crippen molar-refractivity contribution in [1.82, 2.24) is 24.9 Å². The maximum Gasteiger partial charge on any atom is 0.159 e. The van der Waals surface area contributed by atoms with Crippen LogP contribution in [-0.4, -0.2) is 24.9 Å². The molecule has 0 radical (unpaired) electrons. The summed E-state index contributed by atoms with van der Waals surface area (Å²) in [6, 6.07) is 8.39. The van der Waals surface area contributed by atoms with Crippen molar-refractivity contribution in [2.24, 2.45) is 0 Å². The van der Waals surface area contributed by atoms with Crippen LogP contribution < -0.4 is 0 Å². The fraction of sp³-hybridized carbons (Fsp3) is 0.273. The standard InChI is InChI=1S/C22H19N5/c1-2-13(1)18-7-8-24-22(27-18)15-5-6-19-16(9-15)17(10-25-19)21-12-23-11-20(26-21)14-3-4-14/h5-14,25H,1-4H2. The summed E-state index contributed by atoms with van der Waals surface area (Å²) in [6.45, 7) is 0. The van der Waals surface area contributed by atoms with Crippen LogP contribution in [-0.2, 0) is 0 Å². The third kappa shape index (κ3) is 2.70. The van der Waals surface area contributed by atoms with Gasteiger partial charge >= 0.3 is 0 Å². The topological polar surface area (TPSA) is 67.3 Å². The molecule has 1 aromatic carbocycles. The lowest BCUT2D eigenvalue weighted by Gasteiger charge is -2.05. The Morgan fingerprint density at radius 1 is 0.889 bits per heavy atom. The summed E-state index contributed by atoms with van der Waals surface area (Å²) in [7, 11) is 0. The summed E-state index contributed by atoms with van der Waals surface area (Å²) in [4.78, 5) is 22.0. The zero-order chi connectivity index (χ0) is 17.8. The van der Waals surface area contributed by atoms with Crippen molar-refractivity contribution in [3.63, 3.8) is 0 Å². The number of nitrogens with zero attached hydrogens (tertiary/aromatic N) is 4. The van der Waals surface area contributed by atoms with Gasteiger partial charge in [0.25, 0.3) is 0 Å². The lowest BCUT2D eigenvalue weighted by atomic mass is 10.1. The second-order valence-electron chi connectivity index (χ2n) is 7.65. The third-order valence-corrected chi connectivity index (χ3v) is 5.54. The van der Waals surface area contributed by atoms with Crippen molar-refractivity contribution < 1.29 is 0 Å². The van der Waals surface area contributed by atoms with Crippen molar-refractivity contribution in [3.8, 4) is 22.6 Å². The molecular weight excluding hydrogens is 334 g/mol. The highest BCUT2D eigenvalue weighted by Crippen LogP contribution is 2.40. The minimum atomic E-state index is 0.594. The van der Waals surface area contributed by atoms with Crippen LogP contribution >= 0.6 is 0 Å². The number of H-pyrrole nitrogens is 1. The van der Waals surface area contributed by atoms with E-state index < -0.39 is 0 Å². The van der Waals surface area contributed by atoms with Gasteiger partial charge in [-0.2, -0.15) is 0 Å². The lowest BCUT2D eigenvalue weighted by molar-refractivity contribution is 0.993. The van der Waals surface area contributed by atoms with Crippen LogP contribution in [0.1, 0.15) is 48.9 Å². The molecule has 27 heavy (non-hydrogen) atoms. The maximum absolute atomic E-state index is 4.86. The Balaban J connectivity index is 1.45. The van der Waals surface area contributed by atoms with Crippen molar-refractivity contribution in [3.05, 3.63) is 60.4 Å². The van der Waals surface area contributed by atoms with Gasteiger partial charge in [-0.05, 0) is 49.9 Å². The molecule has 0 amide bonds. The molecule has 0 unspecified atom stereocenters. The van der Waals surface area contributed by atoms with E-state index >= 15 is 0 Å². The molecule has 0 spiro atoms. The molecule has 5 heteroatoms. The van der Waals surface area contributed by atoms with Gasteiger partial charge in [0.1, 0.15) is 0 Å². The average Bonchev–Trinajstić information content (AvgIpc) is 3.64. The number of aromatic nitrogens is 5. The monoisotopic (exact) mass is 353 g/mol. The molecule has 6 rings (SSSR count). The molecule has 3 aromatic heterocycles. The van der Waals surface area contributed by atoms with Crippen LogP contribution in [0.15, 0.2) is 49.1 Å².